The fourth-order valence-corrected chi connectivity index (χ4v) is 3.93. The van der Waals surface area contributed by atoms with E-state index in [1.165, 1.54) is 0 Å². The quantitative estimate of drug-likeness (QED) is 0.891. The van der Waals surface area contributed by atoms with Crippen molar-refractivity contribution < 1.29 is 14.3 Å². The molecule has 0 bridgehead atoms. The number of ether oxygens (including phenoxy) is 1. The molecular weight excluding hydrogens is 316 g/mol. The summed E-state index contributed by atoms with van der Waals surface area (Å²) in [6, 6.07) is 9.98. The molecule has 25 heavy (non-hydrogen) atoms. The van der Waals surface area contributed by atoms with E-state index in [9.17, 15) is 9.59 Å². The first-order valence-electron chi connectivity index (χ1n) is 9.28. The molecule has 1 N–H and O–H groups in total. The molecule has 0 radical (unpaired) electrons. The van der Waals surface area contributed by atoms with E-state index in [0.717, 1.165) is 24.8 Å². The van der Waals surface area contributed by atoms with Crippen molar-refractivity contribution in [3.63, 3.8) is 0 Å². The summed E-state index contributed by atoms with van der Waals surface area (Å²) in [7, 11) is 0. The number of hydrogen-bond donors (Lipinski definition) is 1. The predicted octanol–water partition coefficient (Wildman–Crippen LogP) is 2.25. The van der Waals surface area contributed by atoms with Crippen molar-refractivity contribution in [2.45, 2.75) is 57.2 Å². The number of carbonyl (C=O) groups is 2. The second kappa shape index (κ2) is 7.56. The van der Waals surface area contributed by atoms with E-state index >= 15 is 0 Å². The number of amides is 2. The van der Waals surface area contributed by atoms with Crippen LogP contribution >= 0.6 is 0 Å². The molecule has 3 rings (SSSR count). The lowest BCUT2D eigenvalue weighted by atomic mass is 9.64. The van der Waals surface area contributed by atoms with Gasteiger partial charge in [0.15, 0.2) is 0 Å². The minimum Gasteiger partial charge on any atom is -0.372 e. The number of morpholine rings is 1. The average molecular weight is 344 g/mol. The summed E-state index contributed by atoms with van der Waals surface area (Å²) in [5, 5.41) is 3.00. The molecule has 5 nitrogen and oxygen atoms in total. The lowest BCUT2D eigenvalue weighted by Crippen LogP contribution is -2.51. The molecule has 0 unspecified atom stereocenters. The first-order chi connectivity index (χ1) is 12.0. The van der Waals surface area contributed by atoms with Crippen LogP contribution in [0.4, 0.5) is 0 Å². The van der Waals surface area contributed by atoms with Gasteiger partial charge in [0.05, 0.1) is 17.6 Å². The van der Waals surface area contributed by atoms with Crippen LogP contribution in [-0.4, -0.2) is 48.6 Å². The van der Waals surface area contributed by atoms with Crippen LogP contribution in [0.3, 0.4) is 0 Å². The van der Waals surface area contributed by atoms with E-state index in [-0.39, 0.29) is 24.0 Å². The molecule has 1 aromatic rings. The van der Waals surface area contributed by atoms with Gasteiger partial charge in [0.25, 0.3) is 0 Å². The third kappa shape index (κ3) is 3.87. The highest BCUT2D eigenvalue weighted by atomic mass is 16.5. The molecule has 1 heterocycles. The minimum atomic E-state index is -0.397. The van der Waals surface area contributed by atoms with Gasteiger partial charge in [-0.1, -0.05) is 36.8 Å². The SMILES string of the molecule is C[C@H]1CN(C(=O)CCNC(=O)C2(c3ccccc3)CCC2)C[C@H](C)O1. The Morgan fingerprint density at radius 2 is 1.80 bits per heavy atom. The smallest absolute Gasteiger partial charge is 0.230 e. The lowest BCUT2D eigenvalue weighted by Gasteiger charge is -2.40. The van der Waals surface area contributed by atoms with Gasteiger partial charge in [-0.15, -0.1) is 0 Å². The van der Waals surface area contributed by atoms with E-state index < -0.39 is 5.41 Å². The molecule has 2 atom stereocenters. The first-order valence-corrected chi connectivity index (χ1v) is 9.28. The maximum absolute atomic E-state index is 12.8. The summed E-state index contributed by atoms with van der Waals surface area (Å²) < 4.78 is 5.66. The average Bonchev–Trinajstić information content (AvgIpc) is 2.54. The van der Waals surface area contributed by atoms with Gasteiger partial charge in [-0.25, -0.2) is 0 Å². The molecule has 1 aliphatic heterocycles. The second-order valence-corrected chi connectivity index (χ2v) is 7.36. The number of nitrogens with zero attached hydrogens (tertiary/aromatic N) is 1. The Balaban J connectivity index is 1.51. The maximum Gasteiger partial charge on any atom is 0.230 e. The van der Waals surface area contributed by atoms with Crippen LogP contribution in [-0.2, 0) is 19.7 Å². The van der Waals surface area contributed by atoms with Crippen LogP contribution < -0.4 is 5.32 Å². The number of hydrogen-bond acceptors (Lipinski definition) is 3. The molecule has 2 aliphatic rings. The molecule has 136 valence electrons. The van der Waals surface area contributed by atoms with Crippen LogP contribution in [0.1, 0.15) is 45.1 Å². The third-order valence-electron chi connectivity index (χ3n) is 5.36. The van der Waals surface area contributed by atoms with Crippen molar-refractivity contribution in [3.05, 3.63) is 35.9 Å². The predicted molar refractivity (Wildman–Crippen MR) is 96.2 cm³/mol. The normalized spacial score (nSPS) is 25.1. The van der Waals surface area contributed by atoms with Crippen molar-refractivity contribution in [1.29, 1.82) is 0 Å². The van der Waals surface area contributed by atoms with E-state index in [1.54, 1.807) is 0 Å². The number of benzene rings is 1. The van der Waals surface area contributed by atoms with E-state index in [1.807, 2.05) is 49.1 Å². The van der Waals surface area contributed by atoms with Gasteiger partial charge < -0.3 is 15.0 Å². The van der Waals surface area contributed by atoms with Crippen molar-refractivity contribution in [2.75, 3.05) is 19.6 Å². The van der Waals surface area contributed by atoms with Crippen molar-refractivity contribution >= 4 is 11.8 Å². The third-order valence-corrected chi connectivity index (χ3v) is 5.36. The van der Waals surface area contributed by atoms with Crippen LogP contribution in [0.2, 0.25) is 0 Å². The van der Waals surface area contributed by atoms with E-state index in [2.05, 4.69) is 5.32 Å². The number of nitrogens with one attached hydrogen (secondary N) is 1. The lowest BCUT2D eigenvalue weighted by molar-refractivity contribution is -0.143. The topological polar surface area (TPSA) is 58.6 Å². The highest BCUT2D eigenvalue weighted by Gasteiger charge is 2.45. The van der Waals surface area contributed by atoms with Gasteiger partial charge in [-0.05, 0) is 32.3 Å². The second-order valence-electron chi connectivity index (χ2n) is 7.36. The molecule has 1 aliphatic carbocycles. The Morgan fingerprint density at radius 3 is 2.36 bits per heavy atom. The van der Waals surface area contributed by atoms with Crippen LogP contribution in [0.15, 0.2) is 30.3 Å². The molecule has 1 aromatic carbocycles. The molecule has 2 fully saturated rings. The molecule has 1 saturated carbocycles. The Hall–Kier alpha value is -1.88. The van der Waals surface area contributed by atoms with Crippen LogP contribution in [0.5, 0.6) is 0 Å². The summed E-state index contributed by atoms with van der Waals surface area (Å²) in [5.74, 6) is 0.145. The molecule has 2 amide bonds. The zero-order valence-corrected chi connectivity index (χ0v) is 15.2. The summed E-state index contributed by atoms with van der Waals surface area (Å²) in [4.78, 5) is 27.0. The summed E-state index contributed by atoms with van der Waals surface area (Å²) in [5.41, 5.74) is 0.688. The van der Waals surface area contributed by atoms with Crippen LogP contribution in [0.25, 0.3) is 0 Å². The van der Waals surface area contributed by atoms with E-state index in [4.69, 9.17) is 4.74 Å². The van der Waals surface area contributed by atoms with Gasteiger partial charge in [-0.2, -0.15) is 0 Å². The van der Waals surface area contributed by atoms with Crippen molar-refractivity contribution in [1.82, 2.24) is 10.2 Å². The molecule has 5 heteroatoms. The highest BCUT2D eigenvalue weighted by molar-refractivity contribution is 5.89. The Morgan fingerprint density at radius 1 is 1.16 bits per heavy atom. The van der Waals surface area contributed by atoms with Gasteiger partial charge in [0, 0.05) is 26.1 Å². The standard InChI is InChI=1S/C20H28N2O3/c1-15-13-22(14-16(2)25-15)18(23)9-12-21-19(24)20(10-6-11-20)17-7-4-3-5-8-17/h3-5,7-8,15-16H,6,9-14H2,1-2H3,(H,21,24)/t15-,16-/m0/s1. The van der Waals surface area contributed by atoms with Crippen molar-refractivity contribution in [3.8, 4) is 0 Å². The molecule has 1 saturated heterocycles. The van der Waals surface area contributed by atoms with Gasteiger partial charge in [-0.3, -0.25) is 9.59 Å². The Kier molecular flexibility index (Phi) is 5.42. The highest BCUT2D eigenvalue weighted by Crippen LogP contribution is 2.43. The zero-order chi connectivity index (χ0) is 17.9. The van der Waals surface area contributed by atoms with Crippen molar-refractivity contribution in [2.24, 2.45) is 0 Å². The molecule has 0 spiro atoms. The number of carbonyl (C=O) groups excluding carboxylic acids is 2. The van der Waals surface area contributed by atoms with Crippen LogP contribution in [0, 0.1) is 0 Å². The van der Waals surface area contributed by atoms with Gasteiger partial charge >= 0.3 is 0 Å². The van der Waals surface area contributed by atoms with Gasteiger partial charge in [0.1, 0.15) is 0 Å². The molecular formula is C20H28N2O3. The largest absolute Gasteiger partial charge is 0.372 e. The van der Waals surface area contributed by atoms with Gasteiger partial charge in [0.2, 0.25) is 11.8 Å². The molecule has 0 aromatic heterocycles. The summed E-state index contributed by atoms with van der Waals surface area (Å²) in [6.07, 6.45) is 3.32. The van der Waals surface area contributed by atoms with E-state index in [0.29, 0.717) is 26.1 Å². The fourth-order valence-electron chi connectivity index (χ4n) is 3.93. The fraction of sp³-hybridized carbons (Fsp3) is 0.600. The Labute approximate surface area is 149 Å². The first kappa shape index (κ1) is 17.9. The maximum atomic E-state index is 12.8. The zero-order valence-electron chi connectivity index (χ0n) is 15.2. The summed E-state index contributed by atoms with van der Waals surface area (Å²) in [6.45, 7) is 5.62. The monoisotopic (exact) mass is 344 g/mol. The summed E-state index contributed by atoms with van der Waals surface area (Å²) >= 11 is 0. The Bertz CT molecular complexity index is 603. The number of rotatable bonds is 5. The minimum absolute atomic E-state index is 0.0569.